The van der Waals surface area contributed by atoms with Crippen LogP contribution >= 0.6 is 0 Å². The zero-order valence-corrected chi connectivity index (χ0v) is 10.9. The van der Waals surface area contributed by atoms with Gasteiger partial charge in [0, 0.05) is 18.8 Å². The summed E-state index contributed by atoms with van der Waals surface area (Å²) < 4.78 is 13.1. The van der Waals surface area contributed by atoms with Crippen molar-refractivity contribution in [3.63, 3.8) is 0 Å². The van der Waals surface area contributed by atoms with Crippen LogP contribution in [0.2, 0.25) is 0 Å². The summed E-state index contributed by atoms with van der Waals surface area (Å²) in [5.74, 6) is 2.84. The lowest BCUT2D eigenvalue weighted by atomic mass is 10.2. The molecular weight excluding hydrogens is 255 g/mol. The molecule has 20 heavy (non-hydrogen) atoms. The van der Waals surface area contributed by atoms with E-state index in [0.717, 1.165) is 31.4 Å². The highest BCUT2D eigenvalue weighted by Gasteiger charge is 2.30. The van der Waals surface area contributed by atoms with Crippen molar-refractivity contribution in [2.24, 2.45) is 0 Å². The van der Waals surface area contributed by atoms with E-state index in [-0.39, 0.29) is 11.6 Å². The molecule has 1 saturated heterocycles. The van der Waals surface area contributed by atoms with Crippen molar-refractivity contribution in [2.45, 2.75) is 12.5 Å². The number of nitrogens with zero attached hydrogens (tertiary/aromatic N) is 4. The first-order valence-corrected chi connectivity index (χ1v) is 6.45. The highest BCUT2D eigenvalue weighted by molar-refractivity contribution is 5.55. The Hall–Kier alpha value is -2.53. The molecule has 0 aromatic carbocycles. The summed E-state index contributed by atoms with van der Waals surface area (Å²) in [4.78, 5) is 8.28. The van der Waals surface area contributed by atoms with Crippen LogP contribution in [0.15, 0.2) is 24.0 Å². The van der Waals surface area contributed by atoms with E-state index in [4.69, 9.17) is 11.7 Å². The largest absolute Gasteiger partial charge is 0.358 e. The molecule has 3 rings (SSSR count). The highest BCUT2D eigenvalue weighted by Crippen LogP contribution is 2.28. The zero-order valence-electron chi connectivity index (χ0n) is 10.9. The van der Waals surface area contributed by atoms with Crippen LogP contribution in [0, 0.1) is 29.5 Å². The van der Waals surface area contributed by atoms with Gasteiger partial charge in [-0.3, -0.25) is 0 Å². The minimum Gasteiger partial charge on any atom is -0.358 e. The SMILES string of the molecule is C#C[C@H]1CC=C2CN(c3ncc(F)cc3C#N)CCN21. The molecule has 5 heteroatoms. The Morgan fingerprint density at radius 1 is 1.45 bits per heavy atom. The molecule has 4 nitrogen and oxygen atoms in total. The molecule has 1 aromatic rings. The van der Waals surface area contributed by atoms with Crippen molar-refractivity contribution in [2.75, 3.05) is 24.5 Å². The van der Waals surface area contributed by atoms with Crippen molar-refractivity contribution in [3.8, 4) is 18.4 Å². The van der Waals surface area contributed by atoms with Gasteiger partial charge >= 0.3 is 0 Å². The van der Waals surface area contributed by atoms with E-state index in [0.29, 0.717) is 12.4 Å². The van der Waals surface area contributed by atoms with Crippen LogP contribution in [0.1, 0.15) is 12.0 Å². The van der Waals surface area contributed by atoms with E-state index in [1.807, 2.05) is 11.0 Å². The molecule has 0 bridgehead atoms. The van der Waals surface area contributed by atoms with Gasteiger partial charge < -0.3 is 9.80 Å². The third-order valence-corrected chi connectivity index (χ3v) is 3.73. The van der Waals surface area contributed by atoms with Crippen LogP contribution in [0.4, 0.5) is 10.2 Å². The number of hydrogen-bond donors (Lipinski definition) is 0. The number of terminal acetylenes is 1. The maximum absolute atomic E-state index is 13.1. The standard InChI is InChI=1S/C15H13FN4/c1-2-13-3-4-14-10-19(5-6-20(13)14)15-11(8-17)7-12(16)9-18-15/h1,4,7,9,13H,3,5-6,10H2/t13-/m0/s1. The molecule has 1 aromatic heterocycles. The molecule has 1 atom stereocenters. The van der Waals surface area contributed by atoms with Gasteiger partial charge in [0.25, 0.3) is 0 Å². The predicted octanol–water partition coefficient (Wildman–Crippen LogP) is 1.50. The predicted molar refractivity (Wildman–Crippen MR) is 73.2 cm³/mol. The van der Waals surface area contributed by atoms with Gasteiger partial charge in [-0.05, 0) is 12.5 Å². The Kier molecular flexibility index (Phi) is 3.04. The summed E-state index contributed by atoms with van der Waals surface area (Å²) >= 11 is 0. The monoisotopic (exact) mass is 268 g/mol. The average molecular weight is 268 g/mol. The minimum absolute atomic E-state index is 0.142. The lowest BCUT2D eigenvalue weighted by Crippen LogP contribution is -2.46. The smallest absolute Gasteiger partial charge is 0.147 e. The zero-order chi connectivity index (χ0) is 14.1. The number of rotatable bonds is 1. The molecular formula is C15H13FN4. The molecule has 0 saturated carbocycles. The number of pyridine rings is 1. The number of halogens is 1. The molecule has 0 amide bonds. The molecule has 1 fully saturated rings. The topological polar surface area (TPSA) is 43.2 Å². The third-order valence-electron chi connectivity index (χ3n) is 3.73. The van der Waals surface area contributed by atoms with Crippen LogP contribution in [0.25, 0.3) is 0 Å². The third kappa shape index (κ3) is 1.98. The van der Waals surface area contributed by atoms with Crippen LogP contribution < -0.4 is 4.90 Å². The number of anilines is 1. The molecule has 0 aliphatic carbocycles. The fraction of sp³-hybridized carbons (Fsp3) is 0.333. The quantitative estimate of drug-likeness (QED) is 0.724. The van der Waals surface area contributed by atoms with E-state index in [1.54, 1.807) is 0 Å². The van der Waals surface area contributed by atoms with Crippen molar-refractivity contribution in [3.05, 3.63) is 35.4 Å². The highest BCUT2D eigenvalue weighted by atomic mass is 19.1. The van der Waals surface area contributed by atoms with Gasteiger partial charge in [-0.25, -0.2) is 9.37 Å². The number of aromatic nitrogens is 1. The fourth-order valence-corrected chi connectivity index (χ4v) is 2.76. The summed E-state index contributed by atoms with van der Waals surface area (Å²) in [5, 5.41) is 9.11. The number of fused-ring (bicyclic) bond motifs is 1. The Balaban J connectivity index is 1.85. The Bertz CT molecular complexity index is 653. The first kappa shape index (κ1) is 12.5. The van der Waals surface area contributed by atoms with Crippen LogP contribution in [-0.2, 0) is 0 Å². The van der Waals surface area contributed by atoms with Gasteiger partial charge in [-0.15, -0.1) is 6.42 Å². The molecule has 0 N–H and O–H groups in total. The average Bonchev–Trinajstić information content (AvgIpc) is 2.89. The first-order chi connectivity index (χ1) is 9.72. The molecule has 2 aliphatic rings. The van der Waals surface area contributed by atoms with Gasteiger partial charge in [0.15, 0.2) is 0 Å². The maximum atomic E-state index is 13.1. The van der Waals surface area contributed by atoms with Gasteiger partial charge in [-0.2, -0.15) is 5.26 Å². The summed E-state index contributed by atoms with van der Waals surface area (Å²) in [7, 11) is 0. The lowest BCUT2D eigenvalue weighted by Gasteiger charge is -2.38. The van der Waals surface area contributed by atoms with E-state index < -0.39 is 5.82 Å². The first-order valence-electron chi connectivity index (χ1n) is 6.45. The second-order valence-corrected chi connectivity index (χ2v) is 4.87. The van der Waals surface area contributed by atoms with Crippen molar-refractivity contribution in [1.82, 2.24) is 9.88 Å². The van der Waals surface area contributed by atoms with E-state index in [9.17, 15) is 4.39 Å². The molecule has 0 spiro atoms. The summed E-state index contributed by atoms with van der Waals surface area (Å²) in [6.45, 7) is 2.18. The molecule has 3 heterocycles. The van der Waals surface area contributed by atoms with Gasteiger partial charge in [-0.1, -0.05) is 12.0 Å². The summed E-state index contributed by atoms with van der Waals surface area (Å²) in [6.07, 6.45) is 9.66. The molecule has 100 valence electrons. The molecule has 2 aliphatic heterocycles. The molecule has 0 radical (unpaired) electrons. The summed E-state index contributed by atoms with van der Waals surface area (Å²) in [5.41, 5.74) is 1.43. The van der Waals surface area contributed by atoms with Gasteiger partial charge in [0.2, 0.25) is 0 Å². The Labute approximate surface area is 117 Å². The second kappa shape index (κ2) is 4.86. The van der Waals surface area contributed by atoms with E-state index in [1.165, 1.54) is 6.07 Å². The summed E-state index contributed by atoms with van der Waals surface area (Å²) in [6, 6.07) is 3.37. The van der Waals surface area contributed by atoms with Crippen molar-refractivity contribution in [1.29, 1.82) is 5.26 Å². The fourth-order valence-electron chi connectivity index (χ4n) is 2.76. The minimum atomic E-state index is -0.489. The van der Waals surface area contributed by atoms with Gasteiger partial charge in [0.05, 0.1) is 24.3 Å². The maximum Gasteiger partial charge on any atom is 0.147 e. The Morgan fingerprint density at radius 2 is 2.30 bits per heavy atom. The van der Waals surface area contributed by atoms with Gasteiger partial charge in [0.1, 0.15) is 17.7 Å². The van der Waals surface area contributed by atoms with E-state index >= 15 is 0 Å². The van der Waals surface area contributed by atoms with Crippen LogP contribution in [-0.4, -0.2) is 35.6 Å². The number of piperazine rings is 1. The normalized spacial score (nSPS) is 20.9. The number of nitriles is 1. The lowest BCUT2D eigenvalue weighted by molar-refractivity contribution is 0.304. The molecule has 0 unspecified atom stereocenters. The van der Waals surface area contributed by atoms with E-state index in [2.05, 4.69) is 21.9 Å². The second-order valence-electron chi connectivity index (χ2n) is 4.87. The van der Waals surface area contributed by atoms with Crippen molar-refractivity contribution < 1.29 is 4.39 Å². The Morgan fingerprint density at radius 3 is 3.05 bits per heavy atom. The van der Waals surface area contributed by atoms with Crippen LogP contribution in [0.3, 0.4) is 0 Å². The van der Waals surface area contributed by atoms with Crippen molar-refractivity contribution >= 4 is 5.82 Å². The number of hydrogen-bond acceptors (Lipinski definition) is 4. The van der Waals surface area contributed by atoms with Crippen LogP contribution in [0.5, 0.6) is 0 Å².